The molecule has 1 aliphatic rings. The Balaban J connectivity index is 1.57. The Morgan fingerprint density at radius 2 is 1.80 bits per heavy atom. The fraction of sp³-hybridized carbons (Fsp3) is 0.556. The van der Waals surface area contributed by atoms with Gasteiger partial charge in [-0.2, -0.15) is 0 Å². The van der Waals surface area contributed by atoms with Gasteiger partial charge in [-0.1, -0.05) is 6.42 Å². The van der Waals surface area contributed by atoms with Crippen molar-refractivity contribution in [1.29, 1.82) is 0 Å². The Kier molecular flexibility index (Phi) is 7.78. The average Bonchev–Trinajstić information content (AvgIpc) is 2.59. The van der Waals surface area contributed by atoms with E-state index in [4.69, 9.17) is 0 Å². The van der Waals surface area contributed by atoms with Crippen molar-refractivity contribution in [2.75, 3.05) is 32.7 Å². The number of amides is 2. The van der Waals surface area contributed by atoms with Crippen LogP contribution in [0.3, 0.4) is 0 Å². The van der Waals surface area contributed by atoms with Crippen LogP contribution in [0.1, 0.15) is 42.5 Å². The van der Waals surface area contributed by atoms with Gasteiger partial charge in [-0.3, -0.25) is 9.59 Å². The van der Waals surface area contributed by atoms with Crippen LogP contribution in [-0.4, -0.2) is 49.4 Å². The molecule has 0 aliphatic carbocycles. The topological polar surface area (TPSA) is 61.4 Å². The molecule has 0 bridgehead atoms. The zero-order valence-electron chi connectivity index (χ0n) is 14.3. The first-order valence-corrected chi connectivity index (χ1v) is 8.78. The lowest BCUT2D eigenvalue weighted by molar-refractivity contribution is -0.120. The van der Waals surface area contributed by atoms with Gasteiger partial charge < -0.3 is 15.5 Å². The summed E-state index contributed by atoms with van der Waals surface area (Å²) in [5.74, 6) is -2.47. The molecule has 1 aromatic rings. The molecule has 0 unspecified atom stereocenters. The Hall–Kier alpha value is -2.02. The lowest BCUT2D eigenvalue weighted by Gasteiger charge is -2.26. The van der Waals surface area contributed by atoms with Crippen molar-refractivity contribution in [3.8, 4) is 0 Å². The van der Waals surface area contributed by atoms with Crippen molar-refractivity contribution in [1.82, 2.24) is 15.5 Å². The zero-order valence-corrected chi connectivity index (χ0v) is 14.3. The van der Waals surface area contributed by atoms with Crippen molar-refractivity contribution < 1.29 is 18.4 Å². The van der Waals surface area contributed by atoms with Crippen LogP contribution in [-0.2, 0) is 4.79 Å². The average molecular weight is 353 g/mol. The lowest BCUT2D eigenvalue weighted by atomic mass is 10.1. The molecule has 1 aliphatic heterocycles. The highest BCUT2D eigenvalue weighted by Crippen LogP contribution is 2.09. The van der Waals surface area contributed by atoms with Gasteiger partial charge in [-0.15, -0.1) is 0 Å². The first kappa shape index (κ1) is 19.3. The number of likely N-dealkylation sites (tertiary alicyclic amines) is 1. The Labute approximate surface area is 146 Å². The van der Waals surface area contributed by atoms with Gasteiger partial charge in [0.1, 0.15) is 11.6 Å². The second kappa shape index (κ2) is 10.1. The van der Waals surface area contributed by atoms with Crippen LogP contribution in [0.2, 0.25) is 0 Å². The molecule has 1 saturated heterocycles. The molecule has 2 amide bonds. The summed E-state index contributed by atoms with van der Waals surface area (Å²) in [5.41, 5.74) is -0.233. The summed E-state index contributed by atoms with van der Waals surface area (Å²) in [6, 6.07) is 2.76. The number of hydrogen-bond acceptors (Lipinski definition) is 3. The molecule has 1 aromatic carbocycles. The number of carbonyl (C=O) groups is 2. The summed E-state index contributed by atoms with van der Waals surface area (Å²) in [7, 11) is 0. The van der Waals surface area contributed by atoms with Crippen LogP contribution in [0.5, 0.6) is 0 Å². The molecule has 0 spiro atoms. The number of carbonyl (C=O) groups excluding carboxylic acids is 2. The summed E-state index contributed by atoms with van der Waals surface area (Å²) in [5, 5.41) is 5.28. The van der Waals surface area contributed by atoms with Crippen molar-refractivity contribution in [2.45, 2.75) is 32.1 Å². The van der Waals surface area contributed by atoms with Crippen LogP contribution in [0, 0.1) is 11.6 Å². The molecule has 7 heteroatoms. The molecule has 2 rings (SSSR count). The van der Waals surface area contributed by atoms with Gasteiger partial charge >= 0.3 is 0 Å². The van der Waals surface area contributed by atoms with Crippen LogP contribution in [0.15, 0.2) is 18.2 Å². The van der Waals surface area contributed by atoms with E-state index >= 15 is 0 Å². The Morgan fingerprint density at radius 1 is 1.04 bits per heavy atom. The number of hydrogen-bond donors (Lipinski definition) is 2. The quantitative estimate of drug-likeness (QED) is 0.704. The summed E-state index contributed by atoms with van der Waals surface area (Å²) in [6.07, 6.45) is 4.83. The smallest absolute Gasteiger partial charge is 0.254 e. The minimum atomic E-state index is -0.917. The standard InChI is InChI=1S/C18H25F2N3O2/c19-14-5-6-15(16(20)13-14)18(25)22-9-7-17(24)21-8-4-12-23-10-2-1-3-11-23/h5-6,13H,1-4,7-12H2,(H,21,24)(H,22,25). The summed E-state index contributed by atoms with van der Waals surface area (Å²) < 4.78 is 26.3. The molecular formula is C18H25F2N3O2. The van der Waals surface area contributed by atoms with Gasteiger partial charge in [-0.05, 0) is 51.0 Å². The molecule has 0 radical (unpaired) electrons. The predicted molar refractivity (Wildman–Crippen MR) is 91.2 cm³/mol. The van der Waals surface area contributed by atoms with Crippen LogP contribution in [0.25, 0.3) is 0 Å². The third-order valence-electron chi connectivity index (χ3n) is 4.24. The molecule has 5 nitrogen and oxygen atoms in total. The monoisotopic (exact) mass is 353 g/mol. The van der Waals surface area contributed by atoms with Gasteiger partial charge in [0.2, 0.25) is 5.91 Å². The SMILES string of the molecule is O=C(CCNC(=O)c1ccc(F)cc1F)NCCCN1CCCCC1. The zero-order chi connectivity index (χ0) is 18.1. The minimum absolute atomic E-state index is 0.105. The second-order valence-corrected chi connectivity index (χ2v) is 6.24. The van der Waals surface area contributed by atoms with Crippen LogP contribution >= 0.6 is 0 Å². The van der Waals surface area contributed by atoms with Gasteiger partial charge in [0, 0.05) is 25.6 Å². The molecule has 0 atom stereocenters. The van der Waals surface area contributed by atoms with Crippen LogP contribution < -0.4 is 10.6 Å². The van der Waals surface area contributed by atoms with E-state index in [0.717, 1.165) is 38.2 Å². The number of halogens is 2. The highest BCUT2D eigenvalue weighted by molar-refractivity contribution is 5.94. The van der Waals surface area contributed by atoms with Crippen molar-refractivity contribution in [3.63, 3.8) is 0 Å². The Morgan fingerprint density at radius 3 is 2.52 bits per heavy atom. The summed E-state index contributed by atoms with van der Waals surface area (Å²) in [4.78, 5) is 25.9. The molecule has 1 fully saturated rings. The van der Waals surface area contributed by atoms with Gasteiger partial charge in [0.15, 0.2) is 0 Å². The van der Waals surface area contributed by atoms with E-state index in [0.29, 0.717) is 12.6 Å². The molecule has 0 aromatic heterocycles. The van der Waals surface area contributed by atoms with E-state index in [9.17, 15) is 18.4 Å². The number of piperidine rings is 1. The summed E-state index contributed by atoms with van der Waals surface area (Å²) in [6.45, 7) is 3.98. The van der Waals surface area contributed by atoms with E-state index in [-0.39, 0.29) is 24.4 Å². The fourth-order valence-electron chi connectivity index (χ4n) is 2.86. The van der Waals surface area contributed by atoms with Gasteiger partial charge in [0.25, 0.3) is 5.91 Å². The number of benzene rings is 1. The third kappa shape index (κ3) is 6.78. The minimum Gasteiger partial charge on any atom is -0.356 e. The molecule has 0 saturated carbocycles. The number of nitrogens with zero attached hydrogens (tertiary/aromatic N) is 1. The molecular weight excluding hydrogens is 328 g/mol. The molecule has 2 N–H and O–H groups in total. The van der Waals surface area contributed by atoms with E-state index in [1.165, 1.54) is 19.3 Å². The third-order valence-corrected chi connectivity index (χ3v) is 4.24. The largest absolute Gasteiger partial charge is 0.356 e. The van der Waals surface area contributed by atoms with E-state index in [1.807, 2.05) is 0 Å². The van der Waals surface area contributed by atoms with Gasteiger partial charge in [0.05, 0.1) is 5.56 Å². The molecule has 25 heavy (non-hydrogen) atoms. The maximum Gasteiger partial charge on any atom is 0.254 e. The van der Waals surface area contributed by atoms with E-state index in [1.54, 1.807) is 0 Å². The molecule has 1 heterocycles. The first-order valence-electron chi connectivity index (χ1n) is 8.78. The van der Waals surface area contributed by atoms with Crippen molar-refractivity contribution in [2.24, 2.45) is 0 Å². The highest BCUT2D eigenvalue weighted by Gasteiger charge is 2.13. The van der Waals surface area contributed by atoms with Crippen molar-refractivity contribution in [3.05, 3.63) is 35.4 Å². The Bertz CT molecular complexity index is 590. The number of nitrogens with one attached hydrogen (secondary N) is 2. The second-order valence-electron chi connectivity index (χ2n) is 6.24. The first-order chi connectivity index (χ1) is 12.1. The number of rotatable bonds is 8. The highest BCUT2D eigenvalue weighted by atomic mass is 19.1. The fourth-order valence-corrected chi connectivity index (χ4v) is 2.86. The molecule has 138 valence electrons. The van der Waals surface area contributed by atoms with E-state index < -0.39 is 17.5 Å². The maximum atomic E-state index is 13.5. The lowest BCUT2D eigenvalue weighted by Crippen LogP contribution is -2.34. The van der Waals surface area contributed by atoms with E-state index in [2.05, 4.69) is 15.5 Å². The maximum absolute atomic E-state index is 13.5. The summed E-state index contributed by atoms with van der Waals surface area (Å²) >= 11 is 0. The normalized spacial score (nSPS) is 15.0. The van der Waals surface area contributed by atoms with Gasteiger partial charge in [-0.25, -0.2) is 8.78 Å². The van der Waals surface area contributed by atoms with Crippen LogP contribution in [0.4, 0.5) is 8.78 Å². The predicted octanol–water partition coefficient (Wildman–Crippen LogP) is 2.08. The van der Waals surface area contributed by atoms with Crippen molar-refractivity contribution >= 4 is 11.8 Å².